The lowest BCUT2D eigenvalue weighted by Crippen LogP contribution is -2.61. The number of para-hydroxylation sites is 1. The van der Waals surface area contributed by atoms with Gasteiger partial charge in [-0.3, -0.25) is 18.7 Å². The molecule has 2 N–H and O–H groups in total. The third-order valence-corrected chi connectivity index (χ3v) is 9.34. The second-order valence-electron chi connectivity index (χ2n) is 12.3. The number of piperidine rings is 1. The number of carbonyl (C=O) groups excluding carboxylic acids is 4. The first-order valence-corrected chi connectivity index (χ1v) is 16.9. The molecule has 1 saturated heterocycles. The normalized spacial score (nSPS) is 17.1. The molecule has 0 aliphatic carbocycles. The molecule has 2 aliphatic heterocycles. The van der Waals surface area contributed by atoms with E-state index in [4.69, 9.17) is 14.2 Å². The Morgan fingerprint density at radius 3 is 2.24 bits per heavy atom. The third kappa shape index (κ3) is 8.35. The van der Waals surface area contributed by atoms with Crippen molar-refractivity contribution < 1.29 is 41.8 Å². The summed E-state index contributed by atoms with van der Waals surface area (Å²) in [5.74, 6) is -1.65. The van der Waals surface area contributed by atoms with Crippen molar-refractivity contribution in [2.45, 2.75) is 70.4 Å². The Hall–Kier alpha value is -4.17. The molecule has 13 nitrogen and oxygen atoms in total. The van der Waals surface area contributed by atoms with Gasteiger partial charge in [0.1, 0.15) is 11.6 Å². The number of sulfonamides is 1. The molecule has 0 saturated carbocycles. The smallest absolute Gasteiger partial charge is 0.411 e. The molecule has 0 bridgehead atoms. The van der Waals surface area contributed by atoms with Gasteiger partial charge in [-0.05, 0) is 43.9 Å². The summed E-state index contributed by atoms with van der Waals surface area (Å²) < 4.78 is 42.3. The van der Waals surface area contributed by atoms with E-state index in [9.17, 15) is 27.6 Å². The van der Waals surface area contributed by atoms with E-state index in [1.807, 2.05) is 48.5 Å². The van der Waals surface area contributed by atoms with Crippen molar-refractivity contribution in [3.8, 4) is 0 Å². The van der Waals surface area contributed by atoms with E-state index < -0.39 is 51.3 Å². The average molecular weight is 659 g/mol. The molecule has 2 heterocycles. The fourth-order valence-electron chi connectivity index (χ4n) is 5.82. The van der Waals surface area contributed by atoms with E-state index in [2.05, 4.69) is 10.6 Å². The molecule has 0 aromatic heterocycles. The van der Waals surface area contributed by atoms with Gasteiger partial charge >= 0.3 is 12.1 Å². The minimum Gasteiger partial charge on any atom is -0.426 e. The van der Waals surface area contributed by atoms with Crippen LogP contribution in [0.15, 0.2) is 54.6 Å². The maximum atomic E-state index is 13.9. The Morgan fingerprint density at radius 2 is 1.61 bits per heavy atom. The Kier molecular flexibility index (Phi) is 10.6. The molecule has 3 amide bonds. The van der Waals surface area contributed by atoms with Gasteiger partial charge < -0.3 is 29.7 Å². The van der Waals surface area contributed by atoms with Crippen molar-refractivity contribution in [1.29, 1.82) is 0 Å². The second kappa shape index (κ2) is 14.1. The summed E-state index contributed by atoms with van der Waals surface area (Å²) in [6.45, 7) is 6.50. The number of fused-ring (bicyclic) bond motifs is 2. The monoisotopic (exact) mass is 658 g/mol. The number of benzene rings is 2. The number of anilines is 1. The van der Waals surface area contributed by atoms with Crippen LogP contribution in [0.25, 0.3) is 0 Å². The second-order valence-corrected chi connectivity index (χ2v) is 14.2. The van der Waals surface area contributed by atoms with Crippen LogP contribution in [0.5, 0.6) is 0 Å². The highest BCUT2D eigenvalue weighted by Crippen LogP contribution is 2.47. The molecule has 0 radical (unpaired) electrons. The highest BCUT2D eigenvalue weighted by Gasteiger charge is 2.48. The van der Waals surface area contributed by atoms with Gasteiger partial charge in [0.15, 0.2) is 0 Å². The van der Waals surface area contributed by atoms with Gasteiger partial charge in [0, 0.05) is 38.9 Å². The minimum atomic E-state index is -3.49. The molecule has 250 valence electrons. The Balaban J connectivity index is 1.45. The van der Waals surface area contributed by atoms with Crippen LogP contribution in [0.1, 0.15) is 51.7 Å². The lowest BCUT2D eigenvalue weighted by molar-refractivity contribution is -0.162. The fraction of sp³-hybridized carbons (Fsp3) is 0.500. The summed E-state index contributed by atoms with van der Waals surface area (Å²) in [7, 11) is -3.49. The maximum absolute atomic E-state index is 13.9. The van der Waals surface area contributed by atoms with Crippen LogP contribution in [0.3, 0.4) is 0 Å². The summed E-state index contributed by atoms with van der Waals surface area (Å²) >= 11 is 0. The van der Waals surface area contributed by atoms with Crippen LogP contribution in [0, 0.1) is 0 Å². The molecule has 2 aliphatic rings. The zero-order chi connectivity index (χ0) is 33.7. The van der Waals surface area contributed by atoms with Crippen LogP contribution in [0.2, 0.25) is 0 Å². The molecule has 2 aromatic rings. The molecule has 14 heteroatoms. The van der Waals surface area contributed by atoms with Gasteiger partial charge in [-0.15, -0.1) is 0 Å². The van der Waals surface area contributed by atoms with E-state index >= 15 is 0 Å². The summed E-state index contributed by atoms with van der Waals surface area (Å²) in [4.78, 5) is 52.5. The van der Waals surface area contributed by atoms with Crippen LogP contribution in [-0.4, -0.2) is 87.6 Å². The lowest BCUT2D eigenvalue weighted by Gasteiger charge is -2.41. The quantitative estimate of drug-likeness (QED) is 0.273. The highest BCUT2D eigenvalue weighted by molar-refractivity contribution is 7.92. The SMILES string of the molecule is CC(=O)OC(C)OC(=O)NC(C)(C)C(=O)NC(COCc1ccccc1)C(=O)N1CCC2(CC1)CN(S(C)(=O)=O)c1ccccc12. The largest absolute Gasteiger partial charge is 0.426 e. The molecular formula is C32H42N4O9S. The maximum Gasteiger partial charge on any atom is 0.411 e. The third-order valence-electron chi connectivity index (χ3n) is 8.21. The lowest BCUT2D eigenvalue weighted by atomic mass is 9.74. The first-order chi connectivity index (χ1) is 21.6. The van der Waals surface area contributed by atoms with Gasteiger partial charge in [-0.2, -0.15) is 0 Å². The average Bonchev–Trinajstić information content (AvgIpc) is 3.30. The Morgan fingerprint density at radius 1 is 0.978 bits per heavy atom. The predicted molar refractivity (Wildman–Crippen MR) is 169 cm³/mol. The molecule has 4 rings (SSSR count). The number of amides is 3. The minimum absolute atomic E-state index is 0.129. The zero-order valence-corrected chi connectivity index (χ0v) is 27.6. The number of esters is 1. The van der Waals surface area contributed by atoms with E-state index in [-0.39, 0.29) is 19.1 Å². The van der Waals surface area contributed by atoms with Gasteiger partial charge in [0.05, 0.1) is 25.2 Å². The summed E-state index contributed by atoms with van der Waals surface area (Å²) in [5, 5.41) is 5.18. The van der Waals surface area contributed by atoms with Gasteiger partial charge in [-0.1, -0.05) is 48.5 Å². The molecule has 2 atom stereocenters. The van der Waals surface area contributed by atoms with Gasteiger partial charge in [-0.25, -0.2) is 13.2 Å². The Labute approximate surface area is 269 Å². The van der Waals surface area contributed by atoms with E-state index in [1.54, 1.807) is 11.0 Å². The van der Waals surface area contributed by atoms with E-state index in [0.717, 1.165) is 11.1 Å². The number of nitrogens with zero attached hydrogens (tertiary/aromatic N) is 2. The van der Waals surface area contributed by atoms with E-state index in [1.165, 1.54) is 38.3 Å². The molecule has 1 fully saturated rings. The van der Waals surface area contributed by atoms with Gasteiger partial charge in [0.25, 0.3) is 0 Å². The summed E-state index contributed by atoms with van der Waals surface area (Å²) in [6.07, 6.45) is 0.106. The number of hydrogen-bond acceptors (Lipinski definition) is 9. The standard InChI is InChI=1S/C32H42N4O9S/c1-22(37)44-23(2)45-30(40)34-31(3,4)29(39)33-26(20-43-19-24-11-7-6-8-12-24)28(38)35-17-15-32(16-18-35)21-36(46(5,41)42)27-14-10-9-13-25(27)32/h6-14,23,26H,15-21H2,1-5H3,(H,33,39)(H,34,40). The first kappa shape index (κ1) is 34.7. The number of nitrogens with one attached hydrogen (secondary N) is 2. The summed E-state index contributed by atoms with van der Waals surface area (Å²) in [6, 6.07) is 15.8. The van der Waals surface area contributed by atoms with Crippen LogP contribution >= 0.6 is 0 Å². The van der Waals surface area contributed by atoms with Crippen molar-refractivity contribution in [3.05, 3.63) is 65.7 Å². The molecule has 2 unspecified atom stereocenters. The number of carbonyl (C=O) groups is 4. The zero-order valence-electron chi connectivity index (χ0n) is 26.8. The van der Waals surface area contributed by atoms with Crippen molar-refractivity contribution >= 4 is 39.6 Å². The topological polar surface area (TPSA) is 161 Å². The first-order valence-electron chi connectivity index (χ1n) is 15.1. The van der Waals surface area contributed by atoms with Crippen molar-refractivity contribution in [3.63, 3.8) is 0 Å². The van der Waals surface area contributed by atoms with Crippen LogP contribution in [0.4, 0.5) is 10.5 Å². The molecule has 1 spiro atoms. The number of rotatable bonds is 11. The number of alkyl carbamates (subject to hydrolysis) is 1. The van der Waals surface area contributed by atoms with Crippen molar-refractivity contribution in [2.75, 3.05) is 36.8 Å². The number of ether oxygens (including phenoxy) is 3. The predicted octanol–water partition coefficient (Wildman–Crippen LogP) is 2.44. The van der Waals surface area contributed by atoms with Gasteiger partial charge in [0.2, 0.25) is 28.1 Å². The number of hydrogen-bond donors (Lipinski definition) is 2. The van der Waals surface area contributed by atoms with Crippen molar-refractivity contribution in [2.24, 2.45) is 0 Å². The van der Waals surface area contributed by atoms with Crippen molar-refractivity contribution in [1.82, 2.24) is 15.5 Å². The fourth-order valence-corrected chi connectivity index (χ4v) is 6.81. The molecule has 2 aromatic carbocycles. The Bertz CT molecular complexity index is 1540. The van der Waals surface area contributed by atoms with Crippen LogP contribution < -0.4 is 14.9 Å². The number of likely N-dealkylation sites (tertiary alicyclic amines) is 1. The highest BCUT2D eigenvalue weighted by atomic mass is 32.2. The molecule has 46 heavy (non-hydrogen) atoms. The van der Waals surface area contributed by atoms with Crippen LogP contribution in [-0.2, 0) is 50.6 Å². The summed E-state index contributed by atoms with van der Waals surface area (Å²) in [5.41, 5.74) is 0.557. The molecular weight excluding hydrogens is 616 g/mol. The van der Waals surface area contributed by atoms with E-state index in [0.29, 0.717) is 38.2 Å².